The van der Waals surface area contributed by atoms with Crippen molar-refractivity contribution >= 4 is 60.8 Å². The van der Waals surface area contributed by atoms with Gasteiger partial charge in [0.25, 0.3) is 0 Å². The lowest BCUT2D eigenvalue weighted by Crippen LogP contribution is -2.10. The van der Waals surface area contributed by atoms with Gasteiger partial charge >= 0.3 is 0 Å². The van der Waals surface area contributed by atoms with Crippen LogP contribution in [0.15, 0.2) is 223 Å². The van der Waals surface area contributed by atoms with E-state index >= 15 is 0 Å². The molecule has 0 amide bonds. The van der Waals surface area contributed by atoms with E-state index in [0.29, 0.717) is 0 Å². The van der Waals surface area contributed by atoms with Gasteiger partial charge in [-0.25, -0.2) is 0 Å². The number of hydrogen-bond donors (Lipinski definition) is 0. The van der Waals surface area contributed by atoms with Crippen molar-refractivity contribution in [3.8, 4) is 39.1 Å². The van der Waals surface area contributed by atoms with Crippen molar-refractivity contribution in [3.63, 3.8) is 0 Å². The fraction of sp³-hybridized carbons (Fsp3) is 0. The molecular weight excluding hydrogens is 693 g/mol. The maximum absolute atomic E-state index is 6.26. The summed E-state index contributed by atoms with van der Waals surface area (Å²) in [5, 5.41) is 4.68. The van der Waals surface area contributed by atoms with Crippen LogP contribution in [-0.4, -0.2) is 4.57 Å². The Bertz CT molecular complexity index is 3230. The average Bonchev–Trinajstić information content (AvgIpc) is 3.82. The number of furan rings is 1. The molecule has 0 saturated carbocycles. The van der Waals surface area contributed by atoms with E-state index in [1.165, 1.54) is 44.1 Å². The number of benzene rings is 9. The highest BCUT2D eigenvalue weighted by molar-refractivity contribution is 6.11. The number of rotatable bonds is 7. The maximum atomic E-state index is 6.26. The second-order valence-electron chi connectivity index (χ2n) is 14.5. The fourth-order valence-corrected chi connectivity index (χ4v) is 8.50. The van der Waals surface area contributed by atoms with Gasteiger partial charge in [0.1, 0.15) is 11.2 Å². The average molecular weight is 729 g/mol. The Morgan fingerprint density at radius 3 is 1.72 bits per heavy atom. The van der Waals surface area contributed by atoms with Gasteiger partial charge in [0, 0.05) is 44.2 Å². The van der Waals surface area contributed by atoms with Crippen molar-refractivity contribution in [2.24, 2.45) is 0 Å². The zero-order chi connectivity index (χ0) is 37.7. The minimum Gasteiger partial charge on any atom is -0.456 e. The van der Waals surface area contributed by atoms with E-state index in [9.17, 15) is 0 Å². The van der Waals surface area contributed by atoms with Crippen molar-refractivity contribution in [1.82, 2.24) is 4.57 Å². The molecule has 0 spiro atoms. The van der Waals surface area contributed by atoms with Crippen molar-refractivity contribution < 1.29 is 4.42 Å². The van der Waals surface area contributed by atoms with Crippen LogP contribution in [0.5, 0.6) is 0 Å². The highest BCUT2D eigenvalue weighted by Gasteiger charge is 2.19. The Labute approximate surface area is 330 Å². The van der Waals surface area contributed by atoms with Gasteiger partial charge in [-0.05, 0) is 94.5 Å². The van der Waals surface area contributed by atoms with Gasteiger partial charge < -0.3 is 13.9 Å². The lowest BCUT2D eigenvalue weighted by atomic mass is 10.0. The molecule has 0 atom stereocenters. The molecule has 57 heavy (non-hydrogen) atoms. The Kier molecular flexibility index (Phi) is 7.82. The fourth-order valence-electron chi connectivity index (χ4n) is 8.50. The Morgan fingerprint density at radius 1 is 0.316 bits per heavy atom. The van der Waals surface area contributed by atoms with E-state index < -0.39 is 0 Å². The van der Waals surface area contributed by atoms with Crippen LogP contribution in [0, 0.1) is 0 Å². The van der Waals surface area contributed by atoms with Gasteiger partial charge in [-0.1, -0.05) is 152 Å². The first-order valence-electron chi connectivity index (χ1n) is 19.4. The second-order valence-corrected chi connectivity index (χ2v) is 14.5. The monoisotopic (exact) mass is 728 g/mol. The summed E-state index contributed by atoms with van der Waals surface area (Å²) in [5.74, 6) is 0. The summed E-state index contributed by atoms with van der Waals surface area (Å²) in [4.78, 5) is 2.36. The van der Waals surface area contributed by atoms with E-state index in [1.54, 1.807) is 0 Å². The van der Waals surface area contributed by atoms with Crippen LogP contribution in [0.4, 0.5) is 17.1 Å². The molecule has 0 radical (unpaired) electrons. The van der Waals surface area contributed by atoms with Crippen molar-refractivity contribution in [2.45, 2.75) is 0 Å². The van der Waals surface area contributed by atoms with Crippen LogP contribution in [-0.2, 0) is 0 Å². The molecule has 0 saturated heterocycles. The predicted molar refractivity (Wildman–Crippen MR) is 239 cm³/mol. The summed E-state index contributed by atoms with van der Waals surface area (Å²) in [6.07, 6.45) is 0. The number of anilines is 3. The first-order chi connectivity index (χ1) is 28.3. The smallest absolute Gasteiger partial charge is 0.135 e. The van der Waals surface area contributed by atoms with Gasteiger partial charge in [-0.3, -0.25) is 0 Å². The third kappa shape index (κ3) is 5.68. The minimum absolute atomic E-state index is 0.878. The molecule has 0 unspecified atom stereocenters. The van der Waals surface area contributed by atoms with E-state index in [-0.39, 0.29) is 0 Å². The molecule has 0 aliphatic rings. The quantitative estimate of drug-likeness (QED) is 0.163. The largest absolute Gasteiger partial charge is 0.456 e. The zero-order valence-electron chi connectivity index (χ0n) is 31.1. The molecule has 9 aromatic carbocycles. The first-order valence-corrected chi connectivity index (χ1v) is 19.4. The van der Waals surface area contributed by atoms with Crippen molar-refractivity contribution in [3.05, 3.63) is 218 Å². The highest BCUT2D eigenvalue weighted by atomic mass is 16.3. The Morgan fingerprint density at radius 2 is 0.895 bits per heavy atom. The molecule has 0 aliphatic heterocycles. The van der Waals surface area contributed by atoms with Gasteiger partial charge in [0.2, 0.25) is 0 Å². The van der Waals surface area contributed by atoms with E-state index in [0.717, 1.165) is 55.8 Å². The molecule has 0 bridgehead atoms. The van der Waals surface area contributed by atoms with Gasteiger partial charge in [-0.2, -0.15) is 0 Å². The van der Waals surface area contributed by atoms with Crippen LogP contribution in [0.25, 0.3) is 82.8 Å². The molecule has 3 heteroatoms. The number of nitrogens with zero attached hydrogens (tertiary/aromatic N) is 2. The third-order valence-electron chi connectivity index (χ3n) is 11.2. The predicted octanol–water partition coefficient (Wildman–Crippen LogP) is 15.2. The van der Waals surface area contributed by atoms with Gasteiger partial charge in [0.15, 0.2) is 0 Å². The highest BCUT2D eigenvalue weighted by Crippen LogP contribution is 2.42. The molecule has 2 heterocycles. The lowest BCUT2D eigenvalue weighted by molar-refractivity contribution is 0.669. The molecule has 3 nitrogen and oxygen atoms in total. The summed E-state index contributed by atoms with van der Waals surface area (Å²) in [7, 11) is 0. The molecule has 0 aliphatic carbocycles. The molecule has 11 aromatic rings. The van der Waals surface area contributed by atoms with Gasteiger partial charge in [0.05, 0.1) is 16.7 Å². The standard InChI is InChI=1S/C54H36N2O/c1-3-14-37(15-4-1)39-26-29-42(30-27-39)55(44-31-33-54-49(36-44)48-22-9-12-25-53(48)57-54)43-19-13-18-41(34-43)45-20-7-10-23-50(45)56-51-24-11-8-21-46(51)47-32-28-40(35-52(47)56)38-16-5-2-6-17-38/h1-36H. The van der Waals surface area contributed by atoms with Crippen LogP contribution in [0.1, 0.15) is 0 Å². The van der Waals surface area contributed by atoms with E-state index in [1.807, 2.05) is 12.1 Å². The molecule has 11 rings (SSSR count). The number of hydrogen-bond acceptors (Lipinski definition) is 2. The number of fused-ring (bicyclic) bond motifs is 6. The van der Waals surface area contributed by atoms with Crippen LogP contribution in [0.2, 0.25) is 0 Å². The lowest BCUT2D eigenvalue weighted by Gasteiger charge is -2.26. The molecule has 0 fully saturated rings. The Balaban J connectivity index is 1.09. The van der Waals surface area contributed by atoms with E-state index in [2.05, 4.69) is 216 Å². The molecule has 0 N–H and O–H groups in total. The maximum Gasteiger partial charge on any atom is 0.135 e. The zero-order valence-corrected chi connectivity index (χ0v) is 31.1. The molecule has 268 valence electrons. The molecule has 2 aromatic heterocycles. The van der Waals surface area contributed by atoms with E-state index in [4.69, 9.17) is 4.42 Å². The summed E-state index contributed by atoms with van der Waals surface area (Å²) in [6, 6.07) is 78.2. The summed E-state index contributed by atoms with van der Waals surface area (Å²) in [6.45, 7) is 0. The second kappa shape index (κ2) is 13.6. The van der Waals surface area contributed by atoms with Crippen LogP contribution < -0.4 is 4.90 Å². The SMILES string of the molecule is c1ccc(-c2ccc(N(c3cccc(-c4ccccc4-n4c5ccccc5c5ccc(-c6ccccc6)cc54)c3)c3ccc4oc5ccccc5c4c3)cc2)cc1. The Hall–Kier alpha value is -7.62. The summed E-state index contributed by atoms with van der Waals surface area (Å²) >= 11 is 0. The van der Waals surface area contributed by atoms with Gasteiger partial charge in [-0.15, -0.1) is 0 Å². The number of para-hydroxylation sites is 3. The summed E-state index contributed by atoms with van der Waals surface area (Å²) in [5.41, 5.74) is 15.5. The number of aromatic nitrogens is 1. The third-order valence-corrected chi connectivity index (χ3v) is 11.2. The molecular formula is C54H36N2O. The topological polar surface area (TPSA) is 21.3 Å². The van der Waals surface area contributed by atoms with Crippen LogP contribution in [0.3, 0.4) is 0 Å². The van der Waals surface area contributed by atoms with Crippen molar-refractivity contribution in [2.75, 3.05) is 4.90 Å². The normalized spacial score (nSPS) is 11.5. The van der Waals surface area contributed by atoms with Crippen molar-refractivity contribution in [1.29, 1.82) is 0 Å². The minimum atomic E-state index is 0.878. The first kappa shape index (κ1) is 32.8. The van der Waals surface area contributed by atoms with Crippen LogP contribution >= 0.6 is 0 Å². The summed E-state index contributed by atoms with van der Waals surface area (Å²) < 4.78 is 8.70.